The minimum Gasteiger partial charge on any atom is -0.422 e. The van der Waals surface area contributed by atoms with Crippen LogP contribution in [0.4, 0.5) is 0 Å². The Labute approximate surface area is 345 Å². The Bertz CT molecular complexity index is 3690. The molecule has 288 valence electrons. The van der Waals surface area contributed by atoms with Crippen LogP contribution in [0.3, 0.4) is 0 Å². The highest BCUT2D eigenvalue weighted by Gasteiger charge is 2.19. The van der Waals surface area contributed by atoms with Crippen molar-refractivity contribution in [2.45, 2.75) is 26.2 Å². The molecule has 8 aromatic carbocycles. The fourth-order valence-electron chi connectivity index (χ4n) is 9.01. The molecule has 0 aliphatic rings. The summed E-state index contributed by atoms with van der Waals surface area (Å²) < 4.78 is 14.1. The van der Waals surface area contributed by atoms with Gasteiger partial charge in [-0.15, -0.1) is 0 Å². The number of rotatable bonds is 4. The zero-order chi connectivity index (χ0) is 40.9. The fourth-order valence-corrected chi connectivity index (χ4v) is 9.01. The molecule has 11 rings (SSSR count). The monoisotopic (exact) mass is 777 g/mol. The van der Waals surface area contributed by atoms with E-state index >= 15 is 0 Å². The minimum atomic E-state index is -0.362. The van der Waals surface area contributed by atoms with Crippen LogP contribution in [-0.2, 0) is 12.5 Å². The lowest BCUT2D eigenvalue weighted by Crippen LogP contribution is -2.10. The van der Waals surface area contributed by atoms with Crippen LogP contribution in [0, 0.1) is 0 Å². The predicted molar refractivity (Wildman–Crippen MR) is 248 cm³/mol. The van der Waals surface area contributed by atoms with Crippen molar-refractivity contribution in [3.63, 3.8) is 0 Å². The normalized spacial score (nSPS) is 12.1. The SMILES string of the molecule is Cn1c(-c2ccc3cc(-c4ccc(-c5cc6c(ccc7cc(C(C)(C)C)ccc76)oc5=O)cc4)ccc3c2)ccc1-c1cc2c3ccccc3c3ccccc3c2oc1=O. The highest BCUT2D eigenvalue weighted by Crippen LogP contribution is 2.38. The van der Waals surface area contributed by atoms with Gasteiger partial charge in [-0.1, -0.05) is 142 Å². The van der Waals surface area contributed by atoms with Crippen molar-refractivity contribution < 1.29 is 8.83 Å². The molecule has 5 nitrogen and oxygen atoms in total. The maximum atomic E-state index is 13.7. The average Bonchev–Trinajstić information content (AvgIpc) is 3.65. The lowest BCUT2D eigenvalue weighted by atomic mass is 9.85. The van der Waals surface area contributed by atoms with Crippen molar-refractivity contribution in [3.05, 3.63) is 190 Å². The first-order chi connectivity index (χ1) is 29.1. The molecule has 0 spiro atoms. The summed E-state index contributed by atoms with van der Waals surface area (Å²) in [4.78, 5) is 26.9. The van der Waals surface area contributed by atoms with Gasteiger partial charge in [-0.2, -0.15) is 0 Å². The molecule has 3 aromatic heterocycles. The first-order valence-corrected chi connectivity index (χ1v) is 20.3. The summed E-state index contributed by atoms with van der Waals surface area (Å²) in [7, 11) is 2.00. The minimum absolute atomic E-state index is 0.0368. The van der Waals surface area contributed by atoms with Crippen LogP contribution < -0.4 is 11.3 Å². The van der Waals surface area contributed by atoms with E-state index in [4.69, 9.17) is 8.83 Å². The molecule has 0 bridgehead atoms. The van der Waals surface area contributed by atoms with Crippen molar-refractivity contribution in [2.75, 3.05) is 0 Å². The van der Waals surface area contributed by atoms with Gasteiger partial charge in [0.1, 0.15) is 11.2 Å². The van der Waals surface area contributed by atoms with Crippen molar-refractivity contribution in [1.82, 2.24) is 4.57 Å². The van der Waals surface area contributed by atoms with Gasteiger partial charge in [-0.25, -0.2) is 9.59 Å². The van der Waals surface area contributed by atoms with Gasteiger partial charge in [0.2, 0.25) is 0 Å². The fraction of sp³-hybridized carbons (Fsp3) is 0.0909. The molecule has 5 heteroatoms. The molecule has 0 atom stereocenters. The molecule has 0 aliphatic heterocycles. The number of fused-ring (bicyclic) bond motifs is 10. The van der Waals surface area contributed by atoms with Crippen LogP contribution in [0.5, 0.6) is 0 Å². The van der Waals surface area contributed by atoms with Gasteiger partial charge in [-0.3, -0.25) is 0 Å². The van der Waals surface area contributed by atoms with Crippen LogP contribution >= 0.6 is 0 Å². The third kappa shape index (κ3) is 5.69. The summed E-state index contributed by atoms with van der Waals surface area (Å²) >= 11 is 0. The van der Waals surface area contributed by atoms with Crippen LogP contribution in [0.1, 0.15) is 26.3 Å². The van der Waals surface area contributed by atoms with Crippen LogP contribution in [0.15, 0.2) is 182 Å². The zero-order valence-electron chi connectivity index (χ0n) is 33.7. The number of hydrogen-bond acceptors (Lipinski definition) is 4. The van der Waals surface area contributed by atoms with Crippen LogP contribution in [-0.4, -0.2) is 4.57 Å². The quantitative estimate of drug-likeness (QED) is 0.132. The van der Waals surface area contributed by atoms with Crippen molar-refractivity contribution in [3.8, 4) is 44.8 Å². The molecule has 3 heterocycles. The van der Waals surface area contributed by atoms with Gasteiger partial charge in [0.05, 0.1) is 16.8 Å². The first-order valence-electron chi connectivity index (χ1n) is 20.3. The summed E-state index contributed by atoms with van der Waals surface area (Å²) in [5.74, 6) is 0. The number of benzene rings is 8. The standard InChI is InChI=1S/C55H39NO4/c1-55(2,3)39-22-23-40-37(29-39)21-26-51-46(40)30-45(53(57)59-51)33-15-13-32(14-16-33)34-17-18-36-28-38(20-19-35(36)27-34)49-24-25-50(56(49)4)48-31-47-43-11-6-5-9-41(43)42-10-7-8-12-44(42)52(47)60-54(48)58/h5-31H,1-4H3. The number of aromatic nitrogens is 1. The van der Waals surface area contributed by atoms with Crippen LogP contribution in [0.25, 0.3) is 110 Å². The lowest BCUT2D eigenvalue weighted by molar-refractivity contribution is 0.564. The Morgan fingerprint density at radius 2 is 0.983 bits per heavy atom. The van der Waals surface area contributed by atoms with E-state index in [-0.39, 0.29) is 16.7 Å². The van der Waals surface area contributed by atoms with Crippen molar-refractivity contribution >= 4 is 65.0 Å². The Hall–Kier alpha value is -7.50. The Balaban J connectivity index is 0.903. The smallest absolute Gasteiger partial charge is 0.345 e. The molecular formula is C55H39NO4. The first kappa shape index (κ1) is 35.6. The zero-order valence-corrected chi connectivity index (χ0v) is 33.7. The van der Waals surface area contributed by atoms with Crippen molar-refractivity contribution in [2.24, 2.45) is 7.05 Å². The largest absolute Gasteiger partial charge is 0.422 e. The second-order valence-corrected chi connectivity index (χ2v) is 16.9. The van der Waals surface area contributed by atoms with Crippen LogP contribution in [0.2, 0.25) is 0 Å². The third-order valence-electron chi connectivity index (χ3n) is 12.3. The highest BCUT2D eigenvalue weighted by atomic mass is 16.4. The maximum absolute atomic E-state index is 13.7. The molecule has 0 fully saturated rings. The topological polar surface area (TPSA) is 65.3 Å². The second kappa shape index (κ2) is 13.3. The van der Waals surface area contributed by atoms with Gasteiger partial charge in [-0.05, 0) is 113 Å². The number of hydrogen-bond donors (Lipinski definition) is 0. The lowest BCUT2D eigenvalue weighted by Gasteiger charge is -2.19. The molecule has 0 saturated heterocycles. The van der Waals surface area contributed by atoms with E-state index in [1.807, 2.05) is 79.8 Å². The van der Waals surface area contributed by atoms with E-state index in [2.05, 4.69) is 116 Å². The molecule has 60 heavy (non-hydrogen) atoms. The molecule has 0 N–H and O–H groups in total. The van der Waals surface area contributed by atoms with Gasteiger partial charge in [0.25, 0.3) is 0 Å². The molecule has 0 unspecified atom stereocenters. The molecule has 0 aliphatic carbocycles. The summed E-state index contributed by atoms with van der Waals surface area (Å²) in [5.41, 5.74) is 8.63. The predicted octanol–water partition coefficient (Wildman–Crippen LogP) is 13.8. The van der Waals surface area contributed by atoms with Crippen molar-refractivity contribution in [1.29, 1.82) is 0 Å². The van der Waals surface area contributed by atoms with Gasteiger partial charge in [0, 0.05) is 28.9 Å². The van der Waals surface area contributed by atoms with E-state index < -0.39 is 0 Å². The Morgan fingerprint density at radius 3 is 1.72 bits per heavy atom. The third-order valence-corrected chi connectivity index (χ3v) is 12.3. The molecular weight excluding hydrogens is 739 g/mol. The van der Waals surface area contributed by atoms with Gasteiger partial charge < -0.3 is 13.4 Å². The molecule has 0 amide bonds. The summed E-state index contributed by atoms with van der Waals surface area (Å²) in [5, 5.41) is 10.4. The van der Waals surface area contributed by atoms with E-state index in [9.17, 15) is 9.59 Å². The highest BCUT2D eigenvalue weighted by molar-refractivity contribution is 6.23. The van der Waals surface area contributed by atoms with E-state index in [0.29, 0.717) is 22.3 Å². The molecule has 0 radical (unpaired) electrons. The second-order valence-electron chi connectivity index (χ2n) is 16.9. The number of nitrogens with zero attached hydrogens (tertiary/aromatic N) is 1. The molecule has 11 aromatic rings. The molecule has 0 saturated carbocycles. The summed E-state index contributed by atoms with van der Waals surface area (Å²) in [6.45, 7) is 6.64. The summed E-state index contributed by atoms with van der Waals surface area (Å²) in [6, 6.07) is 55.9. The van der Waals surface area contributed by atoms with E-state index in [1.54, 1.807) is 0 Å². The van der Waals surface area contributed by atoms with E-state index in [1.165, 1.54) is 5.56 Å². The Morgan fingerprint density at radius 1 is 0.417 bits per heavy atom. The Kier molecular flexibility index (Phi) is 7.88. The average molecular weight is 778 g/mol. The van der Waals surface area contributed by atoms with E-state index in [0.717, 1.165) is 87.5 Å². The van der Waals surface area contributed by atoms with Gasteiger partial charge in [0.15, 0.2) is 0 Å². The van der Waals surface area contributed by atoms with Gasteiger partial charge >= 0.3 is 11.3 Å². The maximum Gasteiger partial charge on any atom is 0.345 e. The summed E-state index contributed by atoms with van der Waals surface area (Å²) in [6.07, 6.45) is 0.